The van der Waals surface area contributed by atoms with Gasteiger partial charge in [-0.1, -0.05) is 6.92 Å². The quantitative estimate of drug-likeness (QED) is 0.873. The van der Waals surface area contributed by atoms with Gasteiger partial charge in [-0.3, -0.25) is 0 Å². The average molecular weight is 225 g/mol. The van der Waals surface area contributed by atoms with E-state index in [4.69, 9.17) is 5.73 Å². The van der Waals surface area contributed by atoms with Crippen LogP contribution in [0.5, 0.6) is 0 Å². The molecule has 5 heteroatoms. The van der Waals surface area contributed by atoms with Gasteiger partial charge in [-0.2, -0.15) is 0 Å². The van der Waals surface area contributed by atoms with Gasteiger partial charge in [0, 0.05) is 10.8 Å². The Balaban J connectivity index is 2.26. The molecule has 0 saturated heterocycles. The number of aromatic nitrogens is 2. The molecule has 2 aromatic rings. The van der Waals surface area contributed by atoms with Gasteiger partial charge in [0.15, 0.2) is 0 Å². The molecule has 74 valence electrons. The van der Waals surface area contributed by atoms with Crippen molar-refractivity contribution in [3.8, 4) is 11.4 Å². The molecular weight excluding hydrogens is 214 g/mol. The monoisotopic (exact) mass is 225 g/mol. The molecule has 0 bridgehead atoms. The van der Waals surface area contributed by atoms with Crippen molar-refractivity contribution in [1.29, 1.82) is 0 Å². The predicted molar refractivity (Wildman–Crippen MR) is 60.4 cm³/mol. The summed E-state index contributed by atoms with van der Waals surface area (Å²) >= 11 is 3.19. The fourth-order valence-corrected chi connectivity index (χ4v) is 2.53. The second-order valence-corrected chi connectivity index (χ2v) is 4.57. The molecule has 2 N–H and O–H groups in total. The number of nitrogens with zero attached hydrogens (tertiary/aromatic N) is 2. The van der Waals surface area contributed by atoms with Crippen molar-refractivity contribution < 1.29 is 0 Å². The third kappa shape index (κ3) is 1.84. The Hall–Kier alpha value is -0.780. The lowest BCUT2D eigenvalue weighted by molar-refractivity contribution is 0.693. The summed E-state index contributed by atoms with van der Waals surface area (Å²) in [7, 11) is 0. The first-order valence-electron chi connectivity index (χ1n) is 4.40. The van der Waals surface area contributed by atoms with E-state index in [-0.39, 0.29) is 6.04 Å². The molecule has 0 radical (unpaired) electrons. The van der Waals surface area contributed by atoms with Crippen molar-refractivity contribution in [3.63, 3.8) is 0 Å². The smallest absolute Gasteiger partial charge is 0.110 e. The van der Waals surface area contributed by atoms with E-state index in [1.54, 1.807) is 22.7 Å². The van der Waals surface area contributed by atoms with Gasteiger partial charge >= 0.3 is 0 Å². The van der Waals surface area contributed by atoms with Crippen LogP contribution in [0.15, 0.2) is 16.3 Å². The third-order valence-corrected chi connectivity index (χ3v) is 3.54. The zero-order valence-electron chi connectivity index (χ0n) is 7.80. The Morgan fingerprint density at radius 1 is 1.43 bits per heavy atom. The van der Waals surface area contributed by atoms with Crippen molar-refractivity contribution in [1.82, 2.24) is 9.97 Å². The van der Waals surface area contributed by atoms with Crippen molar-refractivity contribution in [2.75, 3.05) is 0 Å². The molecule has 0 aliphatic carbocycles. The summed E-state index contributed by atoms with van der Waals surface area (Å²) < 4.78 is 0. The van der Waals surface area contributed by atoms with E-state index >= 15 is 0 Å². The van der Waals surface area contributed by atoms with E-state index in [1.807, 2.05) is 16.3 Å². The van der Waals surface area contributed by atoms with Crippen molar-refractivity contribution in [2.24, 2.45) is 5.73 Å². The van der Waals surface area contributed by atoms with Gasteiger partial charge in [-0.25, -0.2) is 9.97 Å². The van der Waals surface area contributed by atoms with Crippen LogP contribution in [0.2, 0.25) is 0 Å². The summed E-state index contributed by atoms with van der Waals surface area (Å²) in [6.07, 6.45) is 0.921. The van der Waals surface area contributed by atoms with Gasteiger partial charge in [0.1, 0.15) is 16.4 Å². The van der Waals surface area contributed by atoms with Gasteiger partial charge in [-0.05, 0) is 6.42 Å². The molecule has 0 fully saturated rings. The highest BCUT2D eigenvalue weighted by Crippen LogP contribution is 2.25. The van der Waals surface area contributed by atoms with E-state index in [0.29, 0.717) is 0 Å². The van der Waals surface area contributed by atoms with Gasteiger partial charge in [0.05, 0.1) is 11.6 Å². The van der Waals surface area contributed by atoms with Crippen LogP contribution < -0.4 is 5.73 Å². The van der Waals surface area contributed by atoms with Crippen LogP contribution in [0, 0.1) is 0 Å². The van der Waals surface area contributed by atoms with Crippen LogP contribution in [0.25, 0.3) is 11.4 Å². The molecule has 0 aromatic carbocycles. The van der Waals surface area contributed by atoms with Gasteiger partial charge in [0.25, 0.3) is 0 Å². The number of hydrogen-bond donors (Lipinski definition) is 1. The van der Waals surface area contributed by atoms with Gasteiger partial charge in [-0.15, -0.1) is 22.7 Å². The van der Waals surface area contributed by atoms with E-state index < -0.39 is 0 Å². The number of hydrogen-bond acceptors (Lipinski definition) is 5. The Kier molecular flexibility index (Phi) is 2.90. The number of rotatable bonds is 3. The zero-order chi connectivity index (χ0) is 9.97. The van der Waals surface area contributed by atoms with E-state index in [9.17, 15) is 0 Å². The molecule has 0 aliphatic rings. The minimum absolute atomic E-state index is 0.0624. The first kappa shape index (κ1) is 9.76. The largest absolute Gasteiger partial charge is 0.322 e. The lowest BCUT2D eigenvalue weighted by Crippen LogP contribution is -2.07. The summed E-state index contributed by atoms with van der Waals surface area (Å²) in [6.45, 7) is 2.06. The molecule has 2 aromatic heterocycles. The molecule has 0 aliphatic heterocycles. The lowest BCUT2D eigenvalue weighted by Gasteiger charge is -2.01. The minimum atomic E-state index is 0.0624. The second kappa shape index (κ2) is 4.16. The molecule has 2 rings (SSSR count). The third-order valence-electron chi connectivity index (χ3n) is 1.97. The molecule has 1 atom stereocenters. The highest BCUT2D eigenvalue weighted by Gasteiger charge is 2.10. The topological polar surface area (TPSA) is 51.8 Å². The van der Waals surface area contributed by atoms with Crippen molar-refractivity contribution in [2.45, 2.75) is 19.4 Å². The summed E-state index contributed by atoms with van der Waals surface area (Å²) in [4.78, 5) is 8.67. The van der Waals surface area contributed by atoms with Gasteiger partial charge in [0.2, 0.25) is 0 Å². The van der Waals surface area contributed by atoms with Crippen molar-refractivity contribution in [3.05, 3.63) is 21.3 Å². The summed E-state index contributed by atoms with van der Waals surface area (Å²) in [5, 5.41) is 5.01. The molecule has 3 nitrogen and oxygen atoms in total. The van der Waals surface area contributed by atoms with Crippen LogP contribution in [-0.4, -0.2) is 9.97 Å². The molecular formula is C9H11N3S2. The zero-order valence-corrected chi connectivity index (χ0v) is 9.44. The van der Waals surface area contributed by atoms with E-state index in [0.717, 1.165) is 22.8 Å². The Labute approximate surface area is 90.6 Å². The Bertz CT molecular complexity index is 394. The SMILES string of the molecule is CCC(N)c1nc(-c2cscn2)cs1. The molecule has 0 amide bonds. The standard InChI is InChI=1S/C9H11N3S2/c1-2-6(10)9-12-8(4-14-9)7-3-13-5-11-7/h3-6H,2,10H2,1H3. The molecule has 0 saturated carbocycles. The van der Waals surface area contributed by atoms with E-state index in [2.05, 4.69) is 16.9 Å². The maximum atomic E-state index is 5.89. The van der Waals surface area contributed by atoms with Crippen LogP contribution in [0.3, 0.4) is 0 Å². The van der Waals surface area contributed by atoms with Crippen LogP contribution in [-0.2, 0) is 0 Å². The maximum Gasteiger partial charge on any atom is 0.110 e. The van der Waals surface area contributed by atoms with Crippen LogP contribution in [0.4, 0.5) is 0 Å². The Morgan fingerprint density at radius 3 is 2.93 bits per heavy atom. The lowest BCUT2D eigenvalue weighted by atomic mass is 10.2. The first-order valence-corrected chi connectivity index (χ1v) is 6.23. The highest BCUT2D eigenvalue weighted by atomic mass is 32.1. The number of thiazole rings is 2. The average Bonchev–Trinajstić information content (AvgIpc) is 2.86. The summed E-state index contributed by atoms with van der Waals surface area (Å²) in [6, 6.07) is 0.0624. The van der Waals surface area contributed by atoms with Crippen molar-refractivity contribution >= 4 is 22.7 Å². The van der Waals surface area contributed by atoms with Gasteiger partial charge < -0.3 is 5.73 Å². The maximum absolute atomic E-state index is 5.89. The van der Waals surface area contributed by atoms with Crippen LogP contribution >= 0.6 is 22.7 Å². The van der Waals surface area contributed by atoms with Crippen LogP contribution in [0.1, 0.15) is 24.4 Å². The Morgan fingerprint density at radius 2 is 2.29 bits per heavy atom. The number of nitrogens with two attached hydrogens (primary N) is 1. The first-order chi connectivity index (χ1) is 6.81. The summed E-state index contributed by atoms with van der Waals surface area (Å²) in [5.74, 6) is 0. The molecule has 0 spiro atoms. The second-order valence-electron chi connectivity index (χ2n) is 2.96. The minimum Gasteiger partial charge on any atom is -0.322 e. The predicted octanol–water partition coefficient (Wildman–Crippen LogP) is 2.68. The molecule has 14 heavy (non-hydrogen) atoms. The highest BCUT2D eigenvalue weighted by molar-refractivity contribution is 7.10. The fraction of sp³-hybridized carbons (Fsp3) is 0.333. The fourth-order valence-electron chi connectivity index (χ4n) is 1.09. The normalized spacial score (nSPS) is 13.0. The molecule has 1 unspecified atom stereocenters. The van der Waals surface area contributed by atoms with E-state index in [1.165, 1.54) is 0 Å². The molecule has 2 heterocycles. The summed E-state index contributed by atoms with van der Waals surface area (Å²) in [5.41, 5.74) is 9.59.